The predicted molar refractivity (Wildman–Crippen MR) is 113 cm³/mol. The first-order chi connectivity index (χ1) is 15.8. The lowest BCUT2D eigenvalue weighted by Gasteiger charge is -2.08. The first kappa shape index (κ1) is 28.8. The summed E-state index contributed by atoms with van der Waals surface area (Å²) in [5, 5.41) is 0. The third-order valence-electron chi connectivity index (χ3n) is 5.16. The van der Waals surface area contributed by atoms with Crippen molar-refractivity contribution in [3.05, 3.63) is 29.1 Å². The molecule has 0 aliphatic carbocycles. The standard InChI is InChI=1S/C24H33F5O4/c1-2-3-4-5-10-13-16-32-17(30)14-11-8-6-7-9-12-15-18(31)33-24-22(28)20(26)19(25)21(27)23(24)29/h2-16H2,1H3. The zero-order valence-electron chi connectivity index (χ0n) is 19.1. The molecular formula is C24H33F5O4. The van der Waals surface area contributed by atoms with Crippen molar-refractivity contribution in [3.8, 4) is 5.75 Å². The van der Waals surface area contributed by atoms with Crippen molar-refractivity contribution in [2.45, 2.75) is 96.8 Å². The van der Waals surface area contributed by atoms with Crippen LogP contribution in [0.4, 0.5) is 22.0 Å². The van der Waals surface area contributed by atoms with Gasteiger partial charge in [-0.3, -0.25) is 9.59 Å². The van der Waals surface area contributed by atoms with Gasteiger partial charge in [0, 0.05) is 12.8 Å². The molecule has 0 amide bonds. The van der Waals surface area contributed by atoms with Crippen molar-refractivity contribution in [2.75, 3.05) is 6.61 Å². The summed E-state index contributed by atoms with van der Waals surface area (Å²) in [6.07, 6.45) is 11.0. The van der Waals surface area contributed by atoms with Gasteiger partial charge >= 0.3 is 11.9 Å². The van der Waals surface area contributed by atoms with E-state index in [0.717, 1.165) is 32.1 Å². The third-order valence-corrected chi connectivity index (χ3v) is 5.16. The molecule has 0 radical (unpaired) electrons. The van der Waals surface area contributed by atoms with Gasteiger partial charge in [-0.05, 0) is 19.3 Å². The summed E-state index contributed by atoms with van der Waals surface area (Å²) >= 11 is 0. The monoisotopic (exact) mass is 480 g/mol. The Labute approximate surface area is 191 Å². The van der Waals surface area contributed by atoms with Gasteiger partial charge in [-0.1, -0.05) is 64.7 Å². The van der Waals surface area contributed by atoms with Crippen LogP contribution in [0.5, 0.6) is 5.75 Å². The molecular weight excluding hydrogens is 447 g/mol. The van der Waals surface area contributed by atoms with E-state index in [2.05, 4.69) is 11.7 Å². The first-order valence-electron chi connectivity index (χ1n) is 11.7. The molecule has 0 aliphatic rings. The van der Waals surface area contributed by atoms with Gasteiger partial charge in [-0.15, -0.1) is 0 Å². The molecule has 0 aromatic heterocycles. The van der Waals surface area contributed by atoms with Gasteiger partial charge in [0.05, 0.1) is 6.61 Å². The molecule has 1 aromatic carbocycles. The fourth-order valence-electron chi connectivity index (χ4n) is 3.23. The second-order valence-electron chi connectivity index (χ2n) is 7.98. The molecule has 9 heteroatoms. The van der Waals surface area contributed by atoms with Crippen LogP contribution >= 0.6 is 0 Å². The molecule has 0 bridgehead atoms. The predicted octanol–water partition coefficient (Wildman–Crippen LogP) is 7.31. The van der Waals surface area contributed by atoms with Crippen LogP contribution in [-0.4, -0.2) is 18.5 Å². The van der Waals surface area contributed by atoms with Crippen molar-refractivity contribution >= 4 is 11.9 Å². The number of carbonyl (C=O) groups excluding carboxylic acids is 2. The van der Waals surface area contributed by atoms with Gasteiger partial charge in [0.1, 0.15) is 0 Å². The van der Waals surface area contributed by atoms with Gasteiger partial charge in [0.2, 0.25) is 34.8 Å². The summed E-state index contributed by atoms with van der Waals surface area (Å²) < 4.78 is 75.7. The quantitative estimate of drug-likeness (QED) is 0.0586. The molecule has 0 spiro atoms. The van der Waals surface area contributed by atoms with Crippen LogP contribution in [0.2, 0.25) is 0 Å². The highest BCUT2D eigenvalue weighted by Crippen LogP contribution is 2.29. The van der Waals surface area contributed by atoms with E-state index in [1.807, 2.05) is 0 Å². The number of hydrogen-bond donors (Lipinski definition) is 0. The van der Waals surface area contributed by atoms with Crippen molar-refractivity contribution in [2.24, 2.45) is 0 Å². The van der Waals surface area contributed by atoms with Gasteiger partial charge in [0.25, 0.3) is 0 Å². The number of ether oxygens (including phenoxy) is 2. The molecule has 0 atom stereocenters. The summed E-state index contributed by atoms with van der Waals surface area (Å²) in [7, 11) is 0. The van der Waals surface area contributed by atoms with Crippen LogP contribution in [0.1, 0.15) is 96.8 Å². The van der Waals surface area contributed by atoms with Crippen molar-refractivity contribution in [1.29, 1.82) is 0 Å². The second kappa shape index (κ2) is 16.4. The lowest BCUT2D eigenvalue weighted by molar-refractivity contribution is -0.144. The SMILES string of the molecule is CCCCCCCCOC(=O)CCCCCCCCC(=O)Oc1c(F)c(F)c(F)c(F)c1F. The van der Waals surface area contributed by atoms with Crippen LogP contribution < -0.4 is 4.74 Å². The Balaban J connectivity index is 2.08. The molecule has 188 valence electrons. The second-order valence-corrected chi connectivity index (χ2v) is 7.98. The van der Waals surface area contributed by atoms with E-state index in [4.69, 9.17) is 4.74 Å². The van der Waals surface area contributed by atoms with Gasteiger partial charge < -0.3 is 9.47 Å². The number of rotatable bonds is 17. The van der Waals surface area contributed by atoms with Gasteiger partial charge in [0.15, 0.2) is 0 Å². The zero-order valence-corrected chi connectivity index (χ0v) is 19.1. The van der Waals surface area contributed by atoms with Crippen molar-refractivity contribution in [1.82, 2.24) is 0 Å². The Morgan fingerprint density at radius 2 is 1.00 bits per heavy atom. The number of benzene rings is 1. The van der Waals surface area contributed by atoms with Crippen LogP contribution in [0.3, 0.4) is 0 Å². The average molecular weight is 481 g/mol. The maximum Gasteiger partial charge on any atom is 0.311 e. The minimum atomic E-state index is -2.31. The van der Waals surface area contributed by atoms with Gasteiger partial charge in [-0.25, -0.2) is 13.2 Å². The summed E-state index contributed by atoms with van der Waals surface area (Å²) in [6, 6.07) is 0. The molecule has 0 unspecified atom stereocenters. The lowest BCUT2D eigenvalue weighted by Crippen LogP contribution is -2.13. The van der Waals surface area contributed by atoms with E-state index < -0.39 is 40.8 Å². The Morgan fingerprint density at radius 1 is 0.576 bits per heavy atom. The van der Waals surface area contributed by atoms with E-state index in [0.29, 0.717) is 32.3 Å². The minimum Gasteiger partial charge on any atom is -0.466 e. The van der Waals surface area contributed by atoms with Gasteiger partial charge in [-0.2, -0.15) is 8.78 Å². The Hall–Kier alpha value is -2.19. The Morgan fingerprint density at radius 3 is 1.55 bits per heavy atom. The average Bonchev–Trinajstić information content (AvgIpc) is 2.80. The Kier molecular flexibility index (Phi) is 14.4. The largest absolute Gasteiger partial charge is 0.466 e. The molecule has 0 fully saturated rings. The molecule has 0 aliphatic heterocycles. The summed E-state index contributed by atoms with van der Waals surface area (Å²) in [5.41, 5.74) is 0. The number of unbranched alkanes of at least 4 members (excludes halogenated alkanes) is 10. The third kappa shape index (κ3) is 11.0. The smallest absolute Gasteiger partial charge is 0.311 e. The topological polar surface area (TPSA) is 52.6 Å². The molecule has 0 saturated carbocycles. The van der Waals surface area contributed by atoms with E-state index in [9.17, 15) is 31.5 Å². The molecule has 4 nitrogen and oxygen atoms in total. The number of esters is 2. The lowest BCUT2D eigenvalue weighted by atomic mass is 10.1. The number of halogens is 5. The summed E-state index contributed by atoms with van der Waals surface area (Å²) in [4.78, 5) is 23.3. The minimum absolute atomic E-state index is 0.195. The number of carbonyl (C=O) groups is 2. The zero-order chi connectivity index (χ0) is 24.6. The summed E-state index contributed by atoms with van der Waals surface area (Å²) in [6.45, 7) is 2.63. The highest BCUT2D eigenvalue weighted by atomic mass is 19.2. The highest BCUT2D eigenvalue weighted by Gasteiger charge is 2.28. The number of hydrogen-bond acceptors (Lipinski definition) is 4. The molecule has 1 rings (SSSR count). The van der Waals surface area contributed by atoms with Crippen LogP contribution in [0, 0.1) is 29.1 Å². The summed E-state index contributed by atoms with van der Waals surface area (Å²) in [5.74, 6) is -13.8. The maximum absolute atomic E-state index is 13.5. The van der Waals surface area contributed by atoms with Crippen molar-refractivity contribution in [3.63, 3.8) is 0 Å². The fourth-order valence-corrected chi connectivity index (χ4v) is 3.23. The maximum atomic E-state index is 13.5. The molecule has 1 aromatic rings. The molecule has 0 saturated heterocycles. The Bertz CT molecular complexity index is 726. The highest BCUT2D eigenvalue weighted by molar-refractivity contribution is 5.72. The van der Waals surface area contributed by atoms with Crippen LogP contribution in [-0.2, 0) is 14.3 Å². The molecule has 0 heterocycles. The molecule has 0 N–H and O–H groups in total. The van der Waals surface area contributed by atoms with E-state index >= 15 is 0 Å². The van der Waals surface area contributed by atoms with Crippen LogP contribution in [0.25, 0.3) is 0 Å². The van der Waals surface area contributed by atoms with E-state index in [1.54, 1.807) is 0 Å². The van der Waals surface area contributed by atoms with Crippen LogP contribution in [0.15, 0.2) is 0 Å². The van der Waals surface area contributed by atoms with E-state index in [-0.39, 0.29) is 12.4 Å². The van der Waals surface area contributed by atoms with E-state index in [1.165, 1.54) is 25.7 Å². The normalized spacial score (nSPS) is 11.0. The molecule has 33 heavy (non-hydrogen) atoms. The first-order valence-corrected chi connectivity index (χ1v) is 11.7. The van der Waals surface area contributed by atoms with Crippen molar-refractivity contribution < 1.29 is 41.0 Å². The fraction of sp³-hybridized carbons (Fsp3) is 0.667.